The molecule has 1 amide bonds. The molecule has 2 heterocycles. The van der Waals surface area contributed by atoms with E-state index in [1.807, 2.05) is 12.1 Å². The van der Waals surface area contributed by atoms with Crippen molar-refractivity contribution in [1.82, 2.24) is 19.7 Å². The standard InChI is InChI=1S/C19H13ClFN5OS/c20-12-5-7-13(8-6-12)26-18-14(9-24-26)19(23-11-22-18)28-10-17(27)25-16-4-2-1-3-15(16)21/h1-9,11H,10H2,(H,25,27). The van der Waals surface area contributed by atoms with Gasteiger partial charge in [0.2, 0.25) is 5.91 Å². The number of nitrogens with zero attached hydrogens (tertiary/aromatic N) is 4. The number of aromatic nitrogens is 4. The minimum Gasteiger partial charge on any atom is -0.323 e. The van der Waals surface area contributed by atoms with Gasteiger partial charge in [-0.15, -0.1) is 0 Å². The van der Waals surface area contributed by atoms with Gasteiger partial charge in [0.05, 0.1) is 28.7 Å². The SMILES string of the molecule is O=C(CSc1ncnc2c1cnn2-c1ccc(Cl)cc1)Nc1ccccc1F. The van der Waals surface area contributed by atoms with Gasteiger partial charge >= 0.3 is 0 Å². The van der Waals surface area contributed by atoms with E-state index < -0.39 is 5.82 Å². The number of para-hydroxylation sites is 1. The summed E-state index contributed by atoms with van der Waals surface area (Å²) >= 11 is 7.17. The molecular weight excluding hydrogens is 401 g/mol. The van der Waals surface area contributed by atoms with Crippen LogP contribution < -0.4 is 5.32 Å². The molecule has 0 saturated heterocycles. The largest absolute Gasteiger partial charge is 0.323 e. The second-order valence-electron chi connectivity index (χ2n) is 5.77. The number of nitrogens with one attached hydrogen (secondary N) is 1. The van der Waals surface area contributed by atoms with Crippen LogP contribution in [0.5, 0.6) is 0 Å². The Labute approximate surface area is 168 Å². The predicted molar refractivity (Wildman–Crippen MR) is 107 cm³/mol. The van der Waals surface area contributed by atoms with Gasteiger partial charge in [0.25, 0.3) is 0 Å². The lowest BCUT2D eigenvalue weighted by atomic mass is 10.3. The number of thioether (sulfide) groups is 1. The molecule has 1 N–H and O–H groups in total. The second-order valence-corrected chi connectivity index (χ2v) is 7.17. The Morgan fingerprint density at radius 2 is 1.93 bits per heavy atom. The average Bonchev–Trinajstić information content (AvgIpc) is 3.13. The third kappa shape index (κ3) is 3.83. The number of benzene rings is 2. The van der Waals surface area contributed by atoms with Crippen molar-refractivity contribution in [3.8, 4) is 5.69 Å². The van der Waals surface area contributed by atoms with Crippen LogP contribution in [-0.2, 0) is 4.79 Å². The average molecular weight is 414 g/mol. The number of rotatable bonds is 5. The van der Waals surface area contributed by atoms with Crippen molar-refractivity contribution in [3.63, 3.8) is 0 Å². The highest BCUT2D eigenvalue weighted by atomic mass is 35.5. The minimum absolute atomic E-state index is 0.0760. The van der Waals surface area contributed by atoms with E-state index in [0.717, 1.165) is 11.1 Å². The van der Waals surface area contributed by atoms with Crippen LogP contribution in [0.1, 0.15) is 0 Å². The summed E-state index contributed by atoms with van der Waals surface area (Å²) in [7, 11) is 0. The van der Waals surface area contributed by atoms with Crippen molar-refractivity contribution < 1.29 is 9.18 Å². The normalized spacial score (nSPS) is 10.9. The van der Waals surface area contributed by atoms with Gasteiger partial charge in [-0.1, -0.05) is 35.5 Å². The van der Waals surface area contributed by atoms with Gasteiger partial charge in [-0.05, 0) is 36.4 Å². The summed E-state index contributed by atoms with van der Waals surface area (Å²) in [6, 6.07) is 13.2. The molecule has 0 radical (unpaired) electrons. The lowest BCUT2D eigenvalue weighted by Gasteiger charge is -2.06. The second kappa shape index (κ2) is 7.95. The van der Waals surface area contributed by atoms with Crippen LogP contribution >= 0.6 is 23.4 Å². The quantitative estimate of drug-likeness (QED) is 0.389. The van der Waals surface area contributed by atoms with Gasteiger partial charge in [-0.25, -0.2) is 19.0 Å². The first-order chi connectivity index (χ1) is 13.6. The van der Waals surface area contributed by atoms with Crippen molar-refractivity contribution in [2.75, 3.05) is 11.1 Å². The Hall–Kier alpha value is -2.97. The number of amides is 1. The summed E-state index contributed by atoms with van der Waals surface area (Å²) in [6.07, 6.45) is 3.08. The lowest BCUT2D eigenvalue weighted by molar-refractivity contribution is -0.113. The number of carbonyl (C=O) groups is 1. The summed E-state index contributed by atoms with van der Waals surface area (Å²) in [5, 5.41) is 8.90. The van der Waals surface area contributed by atoms with Gasteiger partial charge in [0, 0.05) is 5.02 Å². The number of hydrogen-bond acceptors (Lipinski definition) is 5. The fourth-order valence-corrected chi connectivity index (χ4v) is 3.48. The zero-order valence-corrected chi connectivity index (χ0v) is 15.9. The third-order valence-electron chi connectivity index (χ3n) is 3.89. The van der Waals surface area contributed by atoms with Crippen molar-refractivity contribution in [3.05, 3.63) is 71.9 Å². The highest BCUT2D eigenvalue weighted by molar-refractivity contribution is 8.00. The topological polar surface area (TPSA) is 72.7 Å². The van der Waals surface area contributed by atoms with Crippen LogP contribution in [0.15, 0.2) is 66.1 Å². The van der Waals surface area contributed by atoms with Gasteiger partial charge < -0.3 is 5.32 Å². The molecule has 4 rings (SSSR count). The third-order valence-corrected chi connectivity index (χ3v) is 5.15. The van der Waals surface area contributed by atoms with E-state index in [-0.39, 0.29) is 17.3 Å². The van der Waals surface area contributed by atoms with Gasteiger partial charge in [0.15, 0.2) is 5.65 Å². The maximum atomic E-state index is 13.6. The number of carbonyl (C=O) groups excluding carboxylic acids is 1. The molecule has 9 heteroatoms. The molecule has 28 heavy (non-hydrogen) atoms. The zero-order valence-electron chi connectivity index (χ0n) is 14.3. The minimum atomic E-state index is -0.477. The van der Waals surface area contributed by atoms with Crippen molar-refractivity contribution in [1.29, 1.82) is 0 Å². The Morgan fingerprint density at radius 1 is 1.14 bits per heavy atom. The van der Waals surface area contributed by atoms with Gasteiger partial charge in [-0.3, -0.25) is 4.79 Å². The predicted octanol–water partition coefficient (Wildman–Crippen LogP) is 4.34. The van der Waals surface area contributed by atoms with Crippen LogP contribution in [0.4, 0.5) is 10.1 Å². The molecule has 0 bridgehead atoms. The molecular formula is C19H13ClFN5OS. The first-order valence-electron chi connectivity index (χ1n) is 8.23. The maximum absolute atomic E-state index is 13.6. The lowest BCUT2D eigenvalue weighted by Crippen LogP contribution is -2.15. The number of halogens is 2. The van der Waals surface area contributed by atoms with Crippen LogP contribution in [0.2, 0.25) is 5.02 Å². The van der Waals surface area contributed by atoms with Crippen LogP contribution in [0, 0.1) is 5.82 Å². The molecule has 0 spiro atoms. The van der Waals surface area contributed by atoms with Crippen LogP contribution in [0.25, 0.3) is 16.7 Å². The highest BCUT2D eigenvalue weighted by Gasteiger charge is 2.13. The molecule has 0 saturated carbocycles. The van der Waals surface area contributed by atoms with E-state index in [0.29, 0.717) is 15.7 Å². The van der Waals surface area contributed by atoms with Gasteiger partial charge in [0.1, 0.15) is 17.2 Å². The summed E-state index contributed by atoms with van der Waals surface area (Å²) in [4.78, 5) is 20.7. The van der Waals surface area contributed by atoms with E-state index >= 15 is 0 Å². The number of hydrogen-bond donors (Lipinski definition) is 1. The van der Waals surface area contributed by atoms with E-state index in [4.69, 9.17) is 11.6 Å². The van der Waals surface area contributed by atoms with Crippen LogP contribution in [0.3, 0.4) is 0 Å². The van der Waals surface area contributed by atoms with E-state index in [2.05, 4.69) is 20.4 Å². The molecule has 2 aromatic carbocycles. The molecule has 0 aliphatic rings. The van der Waals surface area contributed by atoms with Crippen molar-refractivity contribution in [2.45, 2.75) is 5.03 Å². The zero-order chi connectivity index (χ0) is 19.5. The van der Waals surface area contributed by atoms with E-state index in [9.17, 15) is 9.18 Å². The molecule has 6 nitrogen and oxygen atoms in total. The molecule has 0 fully saturated rings. The summed E-state index contributed by atoms with van der Waals surface area (Å²) in [5.41, 5.74) is 1.58. The Kier molecular flexibility index (Phi) is 5.23. The smallest absolute Gasteiger partial charge is 0.234 e. The Balaban J connectivity index is 1.52. The molecule has 140 valence electrons. The molecule has 4 aromatic rings. The summed E-state index contributed by atoms with van der Waals surface area (Å²) in [5.74, 6) is -0.728. The first-order valence-corrected chi connectivity index (χ1v) is 9.60. The molecule has 2 aromatic heterocycles. The molecule has 0 atom stereocenters. The Bertz CT molecular complexity index is 1150. The van der Waals surface area contributed by atoms with Crippen molar-refractivity contribution in [2.24, 2.45) is 0 Å². The van der Waals surface area contributed by atoms with E-state index in [1.165, 1.54) is 30.2 Å². The molecule has 0 aliphatic heterocycles. The summed E-state index contributed by atoms with van der Waals surface area (Å²) < 4.78 is 15.3. The molecule has 0 aliphatic carbocycles. The summed E-state index contributed by atoms with van der Waals surface area (Å²) in [6.45, 7) is 0. The number of fused-ring (bicyclic) bond motifs is 1. The highest BCUT2D eigenvalue weighted by Crippen LogP contribution is 2.26. The maximum Gasteiger partial charge on any atom is 0.234 e. The van der Waals surface area contributed by atoms with Gasteiger partial charge in [-0.2, -0.15) is 5.10 Å². The van der Waals surface area contributed by atoms with Crippen molar-refractivity contribution >= 4 is 46.0 Å². The van der Waals surface area contributed by atoms with E-state index in [1.54, 1.807) is 35.1 Å². The van der Waals surface area contributed by atoms with Crippen LogP contribution in [-0.4, -0.2) is 31.4 Å². The fourth-order valence-electron chi connectivity index (χ4n) is 2.59. The molecule has 0 unspecified atom stereocenters. The monoisotopic (exact) mass is 413 g/mol. The Morgan fingerprint density at radius 3 is 2.71 bits per heavy atom. The first kappa shape index (κ1) is 18.4. The number of anilines is 1. The fraction of sp³-hybridized carbons (Fsp3) is 0.0526.